The quantitative estimate of drug-likeness (QED) is 0.782. The number of hydrogen-bond donors (Lipinski definition) is 1. The second kappa shape index (κ2) is 6.97. The van der Waals surface area contributed by atoms with Gasteiger partial charge in [-0.3, -0.25) is 0 Å². The summed E-state index contributed by atoms with van der Waals surface area (Å²) in [5, 5.41) is 0.176. The molecule has 0 amide bonds. The number of hydrogen-bond acceptors (Lipinski definition) is 2. The van der Waals surface area contributed by atoms with Gasteiger partial charge in [0.15, 0.2) is 0 Å². The average molecular weight is 259 g/mol. The van der Waals surface area contributed by atoms with E-state index in [4.69, 9.17) is 5.73 Å². The summed E-state index contributed by atoms with van der Waals surface area (Å²) in [7, 11) is 0. The first-order valence-electron chi connectivity index (χ1n) is 5.95. The molecule has 2 atom stereocenters. The predicted octanol–water partition coefficient (Wildman–Crippen LogP) is 3.96. The Morgan fingerprint density at radius 1 is 1.29 bits per heavy atom. The Morgan fingerprint density at radius 3 is 2.53 bits per heavy atom. The van der Waals surface area contributed by atoms with Crippen molar-refractivity contribution in [3.63, 3.8) is 0 Å². The van der Waals surface area contributed by atoms with Gasteiger partial charge in [-0.1, -0.05) is 20.3 Å². The number of thioether (sulfide) groups is 1. The van der Waals surface area contributed by atoms with Crippen LogP contribution in [0.25, 0.3) is 0 Å². The fourth-order valence-electron chi connectivity index (χ4n) is 1.73. The van der Waals surface area contributed by atoms with Crippen LogP contribution in [0.4, 0.5) is 8.78 Å². The predicted molar refractivity (Wildman–Crippen MR) is 69.2 cm³/mol. The normalized spacial score (nSPS) is 14.6. The van der Waals surface area contributed by atoms with Gasteiger partial charge in [0.05, 0.1) is 0 Å². The van der Waals surface area contributed by atoms with Crippen LogP contribution in [0.5, 0.6) is 0 Å². The highest BCUT2D eigenvalue weighted by atomic mass is 32.2. The van der Waals surface area contributed by atoms with Crippen LogP contribution in [-0.2, 0) is 0 Å². The summed E-state index contributed by atoms with van der Waals surface area (Å²) in [6, 6.07) is 3.74. The Morgan fingerprint density at radius 2 is 2.00 bits per heavy atom. The van der Waals surface area contributed by atoms with Crippen molar-refractivity contribution in [2.75, 3.05) is 0 Å². The molecule has 0 aliphatic rings. The molecule has 0 aliphatic heterocycles. The number of nitrogens with two attached hydrogens (primary N) is 1. The molecule has 0 saturated carbocycles. The third-order valence-corrected chi connectivity index (χ3v) is 4.24. The highest BCUT2D eigenvalue weighted by Gasteiger charge is 2.18. The SMILES string of the molecule is CCCC(N)C(CC)Sc1ccc(F)cc1F. The second-order valence-corrected chi connectivity index (χ2v) is 5.37. The van der Waals surface area contributed by atoms with Crippen LogP contribution in [-0.4, -0.2) is 11.3 Å². The van der Waals surface area contributed by atoms with Gasteiger partial charge >= 0.3 is 0 Å². The molecule has 96 valence electrons. The number of halogens is 2. The van der Waals surface area contributed by atoms with Crippen molar-refractivity contribution in [3.8, 4) is 0 Å². The molecule has 1 rings (SSSR count). The van der Waals surface area contributed by atoms with Crippen LogP contribution in [0.1, 0.15) is 33.1 Å². The Bertz CT molecular complexity index is 357. The van der Waals surface area contributed by atoms with Gasteiger partial charge in [-0.05, 0) is 25.0 Å². The monoisotopic (exact) mass is 259 g/mol. The lowest BCUT2D eigenvalue weighted by Gasteiger charge is -2.21. The summed E-state index contributed by atoms with van der Waals surface area (Å²) in [6.45, 7) is 4.12. The molecular formula is C13H19F2NS. The van der Waals surface area contributed by atoms with Gasteiger partial charge in [0.2, 0.25) is 0 Å². The van der Waals surface area contributed by atoms with E-state index >= 15 is 0 Å². The minimum Gasteiger partial charge on any atom is -0.327 e. The van der Waals surface area contributed by atoms with E-state index in [0.717, 1.165) is 25.3 Å². The molecule has 0 aromatic heterocycles. The molecule has 0 spiro atoms. The minimum absolute atomic E-state index is 0.0550. The minimum atomic E-state index is -0.544. The lowest BCUT2D eigenvalue weighted by Crippen LogP contribution is -2.31. The van der Waals surface area contributed by atoms with Crippen molar-refractivity contribution < 1.29 is 8.78 Å². The van der Waals surface area contributed by atoms with E-state index < -0.39 is 11.6 Å². The maximum Gasteiger partial charge on any atom is 0.139 e. The van der Waals surface area contributed by atoms with E-state index in [2.05, 4.69) is 6.92 Å². The van der Waals surface area contributed by atoms with Crippen LogP contribution < -0.4 is 5.73 Å². The molecule has 4 heteroatoms. The fourth-order valence-corrected chi connectivity index (χ4v) is 2.85. The first kappa shape index (κ1) is 14.5. The van der Waals surface area contributed by atoms with E-state index in [1.54, 1.807) is 0 Å². The molecule has 0 radical (unpaired) electrons. The lowest BCUT2D eigenvalue weighted by atomic mass is 10.1. The molecule has 0 saturated heterocycles. The zero-order chi connectivity index (χ0) is 12.8. The summed E-state index contributed by atoms with van der Waals surface area (Å²) < 4.78 is 26.3. The van der Waals surface area contributed by atoms with Gasteiger partial charge in [0.25, 0.3) is 0 Å². The largest absolute Gasteiger partial charge is 0.327 e. The fraction of sp³-hybridized carbons (Fsp3) is 0.538. The second-order valence-electron chi connectivity index (χ2n) is 4.09. The zero-order valence-corrected chi connectivity index (χ0v) is 11.1. The third kappa shape index (κ3) is 4.28. The smallest absolute Gasteiger partial charge is 0.139 e. The number of benzene rings is 1. The standard InChI is InChI=1S/C13H19F2NS/c1-3-5-11(16)12(4-2)17-13-7-6-9(14)8-10(13)15/h6-8,11-12H,3-5,16H2,1-2H3. The Kier molecular flexibility index (Phi) is 5.92. The van der Waals surface area contributed by atoms with Gasteiger partial charge in [0, 0.05) is 22.3 Å². The maximum atomic E-state index is 13.5. The van der Waals surface area contributed by atoms with Crippen LogP contribution in [0.15, 0.2) is 23.1 Å². The van der Waals surface area contributed by atoms with Crippen molar-refractivity contribution in [2.24, 2.45) is 5.73 Å². The first-order chi connectivity index (χ1) is 8.08. The van der Waals surface area contributed by atoms with Crippen molar-refractivity contribution in [2.45, 2.75) is 49.3 Å². The van der Waals surface area contributed by atoms with Gasteiger partial charge in [-0.15, -0.1) is 11.8 Å². The van der Waals surface area contributed by atoms with Crippen LogP contribution in [0.2, 0.25) is 0 Å². The van der Waals surface area contributed by atoms with Gasteiger partial charge in [-0.25, -0.2) is 8.78 Å². The molecular weight excluding hydrogens is 240 g/mol. The average Bonchev–Trinajstić information content (AvgIpc) is 2.28. The molecule has 1 aromatic rings. The van der Waals surface area contributed by atoms with Gasteiger partial charge in [0.1, 0.15) is 11.6 Å². The molecule has 1 nitrogen and oxygen atoms in total. The lowest BCUT2D eigenvalue weighted by molar-refractivity contribution is 0.556. The summed E-state index contributed by atoms with van der Waals surface area (Å²) in [6.07, 6.45) is 2.82. The molecule has 1 aromatic carbocycles. The van der Waals surface area contributed by atoms with E-state index in [9.17, 15) is 8.78 Å². The van der Waals surface area contributed by atoms with Crippen LogP contribution >= 0.6 is 11.8 Å². The molecule has 0 aliphatic carbocycles. The number of rotatable bonds is 6. The van der Waals surface area contributed by atoms with Crippen LogP contribution in [0, 0.1) is 11.6 Å². The Labute approximate surface area is 106 Å². The molecule has 17 heavy (non-hydrogen) atoms. The van der Waals surface area contributed by atoms with E-state index in [-0.39, 0.29) is 11.3 Å². The molecule has 0 bridgehead atoms. The van der Waals surface area contributed by atoms with Gasteiger partial charge in [-0.2, -0.15) is 0 Å². The summed E-state index contributed by atoms with van der Waals surface area (Å²) in [5.41, 5.74) is 6.05. The highest BCUT2D eigenvalue weighted by Crippen LogP contribution is 2.30. The zero-order valence-electron chi connectivity index (χ0n) is 10.2. The Balaban J connectivity index is 2.73. The van der Waals surface area contributed by atoms with E-state index in [1.165, 1.54) is 23.9 Å². The van der Waals surface area contributed by atoms with Crippen molar-refractivity contribution >= 4 is 11.8 Å². The molecule has 0 fully saturated rings. The summed E-state index contributed by atoms with van der Waals surface area (Å²) >= 11 is 1.41. The summed E-state index contributed by atoms with van der Waals surface area (Å²) in [4.78, 5) is 0.477. The maximum absolute atomic E-state index is 13.5. The Hall–Kier alpha value is -0.610. The van der Waals surface area contributed by atoms with Crippen LogP contribution in [0.3, 0.4) is 0 Å². The third-order valence-electron chi connectivity index (χ3n) is 2.67. The van der Waals surface area contributed by atoms with Crippen molar-refractivity contribution in [1.82, 2.24) is 0 Å². The van der Waals surface area contributed by atoms with Crippen molar-refractivity contribution in [1.29, 1.82) is 0 Å². The summed E-state index contributed by atoms with van der Waals surface area (Å²) in [5.74, 6) is -1.05. The topological polar surface area (TPSA) is 26.0 Å². The van der Waals surface area contributed by atoms with Crippen molar-refractivity contribution in [3.05, 3.63) is 29.8 Å². The molecule has 0 heterocycles. The van der Waals surface area contributed by atoms with E-state index in [1.807, 2.05) is 6.92 Å². The van der Waals surface area contributed by atoms with E-state index in [0.29, 0.717) is 4.90 Å². The van der Waals surface area contributed by atoms with Gasteiger partial charge < -0.3 is 5.73 Å². The molecule has 2 unspecified atom stereocenters. The highest BCUT2D eigenvalue weighted by molar-refractivity contribution is 8.00. The molecule has 2 N–H and O–H groups in total. The first-order valence-corrected chi connectivity index (χ1v) is 6.83.